The Bertz CT molecular complexity index is 967. The van der Waals surface area contributed by atoms with E-state index in [1.165, 1.54) is 22.1 Å². The van der Waals surface area contributed by atoms with Crippen molar-refractivity contribution in [2.45, 2.75) is 46.1 Å². The van der Waals surface area contributed by atoms with Crippen molar-refractivity contribution in [3.05, 3.63) is 47.7 Å². The summed E-state index contributed by atoms with van der Waals surface area (Å²) in [5.41, 5.74) is 9.26. The van der Waals surface area contributed by atoms with Crippen LogP contribution in [0.4, 0.5) is 4.79 Å². The van der Waals surface area contributed by atoms with Crippen LogP contribution in [0.3, 0.4) is 0 Å². The molecule has 0 saturated heterocycles. The molecule has 1 aromatic heterocycles. The predicted octanol–water partition coefficient (Wildman–Crippen LogP) is 4.71. The number of hydrogen-bond acceptors (Lipinski definition) is 2. The molecule has 0 unspecified atom stereocenters. The van der Waals surface area contributed by atoms with Crippen LogP contribution in [-0.2, 0) is 6.42 Å². The van der Waals surface area contributed by atoms with Gasteiger partial charge in [0.15, 0.2) is 0 Å². The first-order valence-electron chi connectivity index (χ1n) is 10.9. The number of carbonyl (C=O) groups excluding carboxylic acids is 1. The number of hydrogen-bond donors (Lipinski definition) is 1. The van der Waals surface area contributed by atoms with Gasteiger partial charge in [-0.15, -0.1) is 0 Å². The highest BCUT2D eigenvalue weighted by molar-refractivity contribution is 6.02. The molecule has 1 aliphatic carbocycles. The number of aromatic nitrogens is 1. The van der Waals surface area contributed by atoms with E-state index in [2.05, 4.69) is 48.1 Å². The molecule has 2 amide bonds. The van der Waals surface area contributed by atoms with Crippen LogP contribution in [0.2, 0.25) is 0 Å². The fourth-order valence-corrected chi connectivity index (χ4v) is 5.05. The number of rotatable bonds is 6. The van der Waals surface area contributed by atoms with Crippen molar-refractivity contribution >= 4 is 28.6 Å². The summed E-state index contributed by atoms with van der Waals surface area (Å²) in [6, 6.07) is 6.79. The molecule has 5 nitrogen and oxygen atoms in total. The second-order valence-corrected chi connectivity index (χ2v) is 7.90. The summed E-state index contributed by atoms with van der Waals surface area (Å²) in [6.45, 7) is 14.0. The van der Waals surface area contributed by atoms with Crippen molar-refractivity contribution in [2.24, 2.45) is 0 Å². The third-order valence-electron chi connectivity index (χ3n) is 6.39. The molecule has 2 aliphatic rings. The maximum Gasteiger partial charge on any atom is 0.336 e. The maximum atomic E-state index is 12.8. The smallest absolute Gasteiger partial charge is 0.324 e. The summed E-state index contributed by atoms with van der Waals surface area (Å²) in [6.07, 6.45) is 7.55. The summed E-state index contributed by atoms with van der Waals surface area (Å²) in [5.74, 6) is 0. The first-order chi connectivity index (χ1) is 14.1. The molecule has 1 aliphatic heterocycles. The third-order valence-corrected chi connectivity index (χ3v) is 6.39. The van der Waals surface area contributed by atoms with E-state index in [-0.39, 0.29) is 6.03 Å². The molecule has 0 spiro atoms. The van der Waals surface area contributed by atoms with Gasteiger partial charge in [0, 0.05) is 31.1 Å². The number of amides is 2. The van der Waals surface area contributed by atoms with Gasteiger partial charge in [-0.1, -0.05) is 31.7 Å². The van der Waals surface area contributed by atoms with Gasteiger partial charge >= 0.3 is 6.03 Å². The lowest BCUT2D eigenvalue weighted by Gasteiger charge is -2.39. The Balaban J connectivity index is 1.85. The largest absolute Gasteiger partial charge is 0.336 e. The molecule has 0 fully saturated rings. The van der Waals surface area contributed by atoms with E-state index in [9.17, 15) is 4.79 Å². The third kappa shape index (κ3) is 3.18. The van der Waals surface area contributed by atoms with Crippen LogP contribution < -0.4 is 5.43 Å². The minimum Gasteiger partial charge on any atom is -0.324 e. The van der Waals surface area contributed by atoms with Crippen LogP contribution in [0.1, 0.15) is 50.4 Å². The number of urea groups is 1. The zero-order chi connectivity index (χ0) is 20.5. The van der Waals surface area contributed by atoms with Crippen molar-refractivity contribution in [1.82, 2.24) is 14.5 Å². The molecule has 2 heterocycles. The molecular weight excluding hydrogens is 360 g/mol. The Labute approximate surface area is 173 Å². The highest BCUT2D eigenvalue weighted by Gasteiger charge is 2.34. The average Bonchev–Trinajstić information content (AvgIpc) is 3.03. The fraction of sp³-hybridized carbons (Fsp3) is 0.458. The molecule has 1 atom stereocenters. The van der Waals surface area contributed by atoms with Gasteiger partial charge in [0.1, 0.15) is 0 Å². The summed E-state index contributed by atoms with van der Waals surface area (Å²) >= 11 is 0. The standard InChI is InChI=1S/C24H32N4O/c1-5-14-27-15-10-12-17-18-11-9-13-21-23(18)19(16-22(17)27)20(6-2)28(21)25-24(29)26(7-3)8-4/h6,9,11-13,22H,2,5,7-8,10,14-16H2,1,3-4H3,(H,25,29)/t22-/m1/s1. The summed E-state index contributed by atoms with van der Waals surface area (Å²) in [7, 11) is 0. The van der Waals surface area contributed by atoms with Crippen molar-refractivity contribution in [1.29, 1.82) is 0 Å². The van der Waals surface area contributed by atoms with Crippen molar-refractivity contribution in [2.75, 3.05) is 31.6 Å². The second-order valence-electron chi connectivity index (χ2n) is 7.90. The number of carbonyl (C=O) groups is 1. The van der Waals surface area contributed by atoms with Crippen LogP contribution in [0.15, 0.2) is 30.9 Å². The summed E-state index contributed by atoms with van der Waals surface area (Å²) in [4.78, 5) is 17.2. The molecule has 1 N–H and O–H groups in total. The van der Waals surface area contributed by atoms with E-state index in [4.69, 9.17) is 0 Å². The maximum absolute atomic E-state index is 12.8. The Morgan fingerprint density at radius 1 is 1.31 bits per heavy atom. The average molecular weight is 393 g/mol. The molecule has 0 saturated carbocycles. The highest BCUT2D eigenvalue weighted by Crippen LogP contribution is 2.43. The molecule has 29 heavy (non-hydrogen) atoms. The lowest BCUT2D eigenvalue weighted by atomic mass is 9.81. The lowest BCUT2D eigenvalue weighted by molar-refractivity contribution is 0.214. The number of nitrogens with one attached hydrogen (secondary N) is 1. The summed E-state index contributed by atoms with van der Waals surface area (Å²) in [5, 5.41) is 1.27. The Kier molecular flexibility index (Phi) is 5.50. The Hall–Kier alpha value is -2.53. The number of benzene rings is 1. The molecule has 0 radical (unpaired) electrons. The van der Waals surface area contributed by atoms with E-state index in [1.807, 2.05) is 24.6 Å². The van der Waals surface area contributed by atoms with Gasteiger partial charge in [-0.05, 0) is 68.5 Å². The zero-order valence-electron chi connectivity index (χ0n) is 17.9. The predicted molar refractivity (Wildman–Crippen MR) is 122 cm³/mol. The zero-order valence-corrected chi connectivity index (χ0v) is 17.9. The first-order valence-corrected chi connectivity index (χ1v) is 10.9. The van der Waals surface area contributed by atoms with Crippen LogP contribution in [0, 0.1) is 0 Å². The Morgan fingerprint density at radius 2 is 2.10 bits per heavy atom. The van der Waals surface area contributed by atoms with Gasteiger partial charge in [0.2, 0.25) is 0 Å². The second kappa shape index (κ2) is 8.07. The van der Waals surface area contributed by atoms with E-state index in [1.54, 1.807) is 4.90 Å². The number of nitrogens with zero attached hydrogens (tertiary/aromatic N) is 3. The Morgan fingerprint density at radius 3 is 2.79 bits per heavy atom. The molecule has 2 aromatic rings. The molecule has 5 heteroatoms. The van der Waals surface area contributed by atoms with Crippen LogP contribution in [0.5, 0.6) is 0 Å². The van der Waals surface area contributed by atoms with E-state index in [0.29, 0.717) is 19.1 Å². The first kappa shape index (κ1) is 19.8. The van der Waals surface area contributed by atoms with Gasteiger partial charge in [-0.3, -0.25) is 9.58 Å². The van der Waals surface area contributed by atoms with Gasteiger partial charge in [-0.2, -0.15) is 0 Å². The topological polar surface area (TPSA) is 40.5 Å². The normalized spacial score (nSPS) is 18.3. The van der Waals surface area contributed by atoms with E-state index < -0.39 is 0 Å². The van der Waals surface area contributed by atoms with Crippen molar-refractivity contribution in [3.63, 3.8) is 0 Å². The molecule has 1 aromatic carbocycles. The van der Waals surface area contributed by atoms with Gasteiger partial charge < -0.3 is 4.90 Å². The SMILES string of the molecule is C=Cc1c2c3c(cccc3n1NC(=O)N(CC)CC)C1=CCCN(CCC)[C@@H]1C2. The van der Waals surface area contributed by atoms with Crippen LogP contribution in [0.25, 0.3) is 22.6 Å². The molecular formula is C24H32N4O. The van der Waals surface area contributed by atoms with E-state index in [0.717, 1.165) is 43.6 Å². The fourth-order valence-electron chi connectivity index (χ4n) is 5.05. The van der Waals surface area contributed by atoms with Gasteiger partial charge in [-0.25, -0.2) is 10.2 Å². The van der Waals surface area contributed by atoms with Gasteiger partial charge in [0.05, 0.1) is 11.2 Å². The summed E-state index contributed by atoms with van der Waals surface area (Å²) < 4.78 is 1.95. The van der Waals surface area contributed by atoms with Gasteiger partial charge in [0.25, 0.3) is 0 Å². The quantitative estimate of drug-likeness (QED) is 0.773. The van der Waals surface area contributed by atoms with Crippen LogP contribution >= 0.6 is 0 Å². The highest BCUT2D eigenvalue weighted by atomic mass is 16.2. The van der Waals surface area contributed by atoms with Crippen molar-refractivity contribution < 1.29 is 4.79 Å². The van der Waals surface area contributed by atoms with Crippen LogP contribution in [-0.4, -0.2) is 52.7 Å². The molecule has 154 valence electrons. The molecule has 4 rings (SSSR count). The number of fused-ring (bicyclic) bond motifs is 2. The van der Waals surface area contributed by atoms with E-state index >= 15 is 0 Å². The lowest BCUT2D eigenvalue weighted by Crippen LogP contribution is -2.42. The molecule has 0 bridgehead atoms. The monoisotopic (exact) mass is 392 g/mol. The van der Waals surface area contributed by atoms with Crippen molar-refractivity contribution in [3.8, 4) is 0 Å². The minimum atomic E-state index is -0.0737. The minimum absolute atomic E-state index is 0.0737.